The molecule has 0 spiro atoms. The molecule has 1 amide bonds. The van der Waals surface area contributed by atoms with Gasteiger partial charge in [0.2, 0.25) is 0 Å². The van der Waals surface area contributed by atoms with Crippen molar-refractivity contribution in [2.45, 2.75) is 12.8 Å². The van der Waals surface area contributed by atoms with Gasteiger partial charge in [0.1, 0.15) is 0 Å². The van der Waals surface area contributed by atoms with Crippen molar-refractivity contribution in [2.24, 2.45) is 5.92 Å². The van der Waals surface area contributed by atoms with Crippen LogP contribution in [0.4, 0.5) is 0 Å². The highest BCUT2D eigenvalue weighted by molar-refractivity contribution is 7.13. The molecule has 0 saturated carbocycles. The van der Waals surface area contributed by atoms with Crippen LogP contribution in [0.5, 0.6) is 0 Å². The smallest absolute Gasteiger partial charge is 0.273 e. The van der Waals surface area contributed by atoms with Gasteiger partial charge in [-0.15, -0.1) is 11.3 Å². The number of hydrogen-bond donors (Lipinski definition) is 1. The Hall–Kier alpha value is -1.66. The van der Waals surface area contributed by atoms with E-state index in [-0.39, 0.29) is 5.91 Å². The standard InChI is InChI=1S/C14H16N2O3S/c17-14(15-8-10-3-1-5-18-9-10)11-7-12(19-16-11)13-4-2-6-20-13/h2,4,6-7,10H,1,3,5,8-9H2,(H,15,17)/t10-/m1/s1. The van der Waals surface area contributed by atoms with Gasteiger partial charge in [0.25, 0.3) is 5.91 Å². The zero-order valence-electron chi connectivity index (χ0n) is 11.0. The summed E-state index contributed by atoms with van der Waals surface area (Å²) in [7, 11) is 0. The topological polar surface area (TPSA) is 64.4 Å². The lowest BCUT2D eigenvalue weighted by molar-refractivity contribution is 0.0535. The number of carbonyl (C=O) groups excluding carboxylic acids is 1. The van der Waals surface area contributed by atoms with Gasteiger partial charge in [-0.2, -0.15) is 0 Å². The zero-order chi connectivity index (χ0) is 13.8. The lowest BCUT2D eigenvalue weighted by Gasteiger charge is -2.21. The van der Waals surface area contributed by atoms with Gasteiger partial charge in [0.05, 0.1) is 11.5 Å². The van der Waals surface area contributed by atoms with E-state index >= 15 is 0 Å². The molecular formula is C14H16N2O3S. The van der Waals surface area contributed by atoms with Crippen molar-refractivity contribution in [3.8, 4) is 10.6 Å². The summed E-state index contributed by atoms with van der Waals surface area (Å²) >= 11 is 1.56. The molecule has 1 fully saturated rings. The van der Waals surface area contributed by atoms with Crippen LogP contribution in [-0.2, 0) is 4.74 Å². The van der Waals surface area contributed by atoms with Gasteiger partial charge in [0, 0.05) is 19.2 Å². The monoisotopic (exact) mass is 292 g/mol. The van der Waals surface area contributed by atoms with E-state index in [4.69, 9.17) is 9.26 Å². The Morgan fingerprint density at radius 2 is 2.50 bits per heavy atom. The predicted octanol–water partition coefficient (Wildman–Crippen LogP) is 2.56. The van der Waals surface area contributed by atoms with E-state index in [0.29, 0.717) is 23.9 Å². The summed E-state index contributed by atoms with van der Waals surface area (Å²) in [5.74, 6) is 0.838. The quantitative estimate of drug-likeness (QED) is 0.940. The molecule has 1 N–H and O–H groups in total. The SMILES string of the molecule is O=C(NC[C@H]1CCCOC1)c1cc(-c2cccs2)on1. The number of thiophene rings is 1. The van der Waals surface area contributed by atoms with Crippen molar-refractivity contribution in [1.29, 1.82) is 0 Å². The van der Waals surface area contributed by atoms with E-state index in [2.05, 4.69) is 10.5 Å². The molecule has 1 saturated heterocycles. The Morgan fingerprint density at radius 3 is 3.25 bits per heavy atom. The summed E-state index contributed by atoms with van der Waals surface area (Å²) < 4.78 is 10.6. The Kier molecular flexibility index (Phi) is 4.13. The molecule has 2 aromatic heterocycles. The predicted molar refractivity (Wildman–Crippen MR) is 75.7 cm³/mol. The number of nitrogens with zero attached hydrogens (tertiary/aromatic N) is 1. The molecule has 3 heterocycles. The van der Waals surface area contributed by atoms with Crippen LogP contribution in [-0.4, -0.2) is 30.8 Å². The molecule has 5 nitrogen and oxygen atoms in total. The molecule has 0 aromatic carbocycles. The Labute approximate surface area is 120 Å². The molecule has 1 aliphatic heterocycles. The number of ether oxygens (including phenoxy) is 1. The molecule has 0 aliphatic carbocycles. The number of carbonyl (C=O) groups is 1. The van der Waals surface area contributed by atoms with Crippen LogP contribution in [0.1, 0.15) is 23.3 Å². The first-order valence-electron chi connectivity index (χ1n) is 6.69. The van der Waals surface area contributed by atoms with E-state index < -0.39 is 0 Å². The Balaban J connectivity index is 1.57. The number of aromatic nitrogens is 1. The van der Waals surface area contributed by atoms with Crippen molar-refractivity contribution < 1.29 is 14.1 Å². The minimum Gasteiger partial charge on any atom is -0.381 e. The molecule has 1 atom stereocenters. The van der Waals surface area contributed by atoms with Crippen LogP contribution >= 0.6 is 11.3 Å². The van der Waals surface area contributed by atoms with Crippen molar-refractivity contribution in [3.63, 3.8) is 0 Å². The fraction of sp³-hybridized carbons (Fsp3) is 0.429. The average molecular weight is 292 g/mol. The average Bonchev–Trinajstić information content (AvgIpc) is 3.16. The molecule has 0 unspecified atom stereocenters. The van der Waals surface area contributed by atoms with E-state index in [0.717, 1.165) is 30.9 Å². The fourth-order valence-corrected chi connectivity index (χ4v) is 2.89. The van der Waals surface area contributed by atoms with Crippen molar-refractivity contribution >= 4 is 17.2 Å². The van der Waals surface area contributed by atoms with E-state index in [9.17, 15) is 4.79 Å². The lowest BCUT2D eigenvalue weighted by Crippen LogP contribution is -2.33. The van der Waals surface area contributed by atoms with Crippen LogP contribution in [0.2, 0.25) is 0 Å². The molecule has 6 heteroatoms. The first-order valence-corrected chi connectivity index (χ1v) is 7.57. The third-order valence-corrected chi connectivity index (χ3v) is 4.20. The minimum atomic E-state index is -0.192. The molecule has 2 aromatic rings. The largest absolute Gasteiger partial charge is 0.381 e. The first kappa shape index (κ1) is 13.3. The highest BCUT2D eigenvalue weighted by atomic mass is 32.1. The Morgan fingerprint density at radius 1 is 1.55 bits per heavy atom. The van der Waals surface area contributed by atoms with E-state index in [1.165, 1.54) is 0 Å². The van der Waals surface area contributed by atoms with Gasteiger partial charge in [-0.25, -0.2) is 0 Å². The third kappa shape index (κ3) is 3.08. The second kappa shape index (κ2) is 6.19. The molecule has 0 radical (unpaired) electrons. The van der Waals surface area contributed by atoms with Crippen LogP contribution in [0, 0.1) is 5.92 Å². The molecule has 106 valence electrons. The molecule has 0 bridgehead atoms. The maximum atomic E-state index is 12.0. The molecule has 1 aliphatic rings. The summed E-state index contributed by atoms with van der Waals surface area (Å²) in [6, 6.07) is 5.55. The van der Waals surface area contributed by atoms with Crippen LogP contribution in [0.25, 0.3) is 10.6 Å². The Bertz CT molecular complexity index is 559. The number of amides is 1. The highest BCUT2D eigenvalue weighted by Crippen LogP contribution is 2.25. The van der Waals surface area contributed by atoms with Crippen LogP contribution < -0.4 is 5.32 Å². The number of rotatable bonds is 4. The minimum absolute atomic E-state index is 0.192. The van der Waals surface area contributed by atoms with E-state index in [1.54, 1.807) is 17.4 Å². The lowest BCUT2D eigenvalue weighted by atomic mass is 10.0. The highest BCUT2D eigenvalue weighted by Gasteiger charge is 2.18. The van der Waals surface area contributed by atoms with Crippen molar-refractivity contribution in [2.75, 3.05) is 19.8 Å². The summed E-state index contributed by atoms with van der Waals surface area (Å²) in [5.41, 5.74) is 0.324. The molecular weight excluding hydrogens is 276 g/mol. The normalized spacial score (nSPS) is 18.9. The summed E-state index contributed by atoms with van der Waals surface area (Å²) in [6.45, 7) is 2.18. The summed E-state index contributed by atoms with van der Waals surface area (Å²) in [5, 5.41) is 8.67. The summed E-state index contributed by atoms with van der Waals surface area (Å²) in [6.07, 6.45) is 2.16. The van der Waals surface area contributed by atoms with Gasteiger partial charge in [0.15, 0.2) is 11.5 Å². The summed E-state index contributed by atoms with van der Waals surface area (Å²) in [4.78, 5) is 13.0. The van der Waals surface area contributed by atoms with Gasteiger partial charge in [-0.1, -0.05) is 11.2 Å². The second-order valence-electron chi connectivity index (χ2n) is 4.85. The van der Waals surface area contributed by atoms with Gasteiger partial charge in [-0.05, 0) is 30.2 Å². The zero-order valence-corrected chi connectivity index (χ0v) is 11.8. The maximum Gasteiger partial charge on any atom is 0.273 e. The van der Waals surface area contributed by atoms with Crippen LogP contribution in [0.3, 0.4) is 0 Å². The number of hydrogen-bond acceptors (Lipinski definition) is 5. The third-order valence-electron chi connectivity index (χ3n) is 3.31. The van der Waals surface area contributed by atoms with Gasteiger partial charge in [-0.3, -0.25) is 4.79 Å². The number of nitrogens with one attached hydrogen (secondary N) is 1. The second-order valence-corrected chi connectivity index (χ2v) is 5.79. The van der Waals surface area contributed by atoms with Gasteiger partial charge < -0.3 is 14.6 Å². The van der Waals surface area contributed by atoms with Crippen LogP contribution in [0.15, 0.2) is 28.1 Å². The first-order chi connectivity index (χ1) is 9.83. The fourth-order valence-electron chi connectivity index (χ4n) is 2.21. The van der Waals surface area contributed by atoms with Gasteiger partial charge >= 0.3 is 0 Å². The maximum absolute atomic E-state index is 12.0. The van der Waals surface area contributed by atoms with E-state index in [1.807, 2.05) is 17.5 Å². The molecule has 3 rings (SSSR count). The van der Waals surface area contributed by atoms with Crippen molar-refractivity contribution in [1.82, 2.24) is 10.5 Å². The molecule has 20 heavy (non-hydrogen) atoms. The van der Waals surface area contributed by atoms with Crippen molar-refractivity contribution in [3.05, 3.63) is 29.3 Å².